The zero-order valence-corrected chi connectivity index (χ0v) is 9.98. The van der Waals surface area contributed by atoms with Crippen molar-refractivity contribution >= 4 is 0 Å². The van der Waals surface area contributed by atoms with E-state index in [0.717, 1.165) is 30.6 Å². The maximum Gasteiger partial charge on any atom is 0.240 e. The molecule has 2 aliphatic heterocycles. The van der Waals surface area contributed by atoms with Gasteiger partial charge in [-0.1, -0.05) is 5.16 Å². The van der Waals surface area contributed by atoms with Gasteiger partial charge in [-0.2, -0.15) is 4.98 Å². The summed E-state index contributed by atoms with van der Waals surface area (Å²) in [6, 6.07) is 0. The normalized spacial score (nSPS) is 26.8. The van der Waals surface area contributed by atoms with Crippen LogP contribution in [0.1, 0.15) is 24.6 Å². The molecule has 1 spiro atoms. The first kappa shape index (κ1) is 10.0. The predicted octanol–water partition coefficient (Wildman–Crippen LogP) is 0.427. The first-order chi connectivity index (χ1) is 8.31. The Balaban J connectivity index is 1.31. The van der Waals surface area contributed by atoms with Crippen molar-refractivity contribution in [1.29, 1.82) is 0 Å². The molecular formula is C12H18N4O. The maximum absolute atomic E-state index is 5.30. The molecule has 4 rings (SSSR count). The minimum atomic E-state index is 0.580. The highest BCUT2D eigenvalue weighted by Gasteiger charge is 2.47. The molecule has 1 saturated carbocycles. The lowest BCUT2D eigenvalue weighted by atomic mass is 9.74. The molecule has 1 N–H and O–H groups in total. The summed E-state index contributed by atoms with van der Waals surface area (Å²) in [6.07, 6.45) is 3.69. The van der Waals surface area contributed by atoms with Gasteiger partial charge in [0, 0.05) is 38.0 Å². The summed E-state index contributed by atoms with van der Waals surface area (Å²) in [7, 11) is 0. The van der Waals surface area contributed by atoms with E-state index in [-0.39, 0.29) is 0 Å². The van der Waals surface area contributed by atoms with E-state index in [9.17, 15) is 0 Å². The van der Waals surface area contributed by atoms with E-state index in [2.05, 4.69) is 20.4 Å². The van der Waals surface area contributed by atoms with Gasteiger partial charge in [0.25, 0.3) is 0 Å². The minimum absolute atomic E-state index is 0.580. The molecule has 1 aromatic rings. The van der Waals surface area contributed by atoms with E-state index >= 15 is 0 Å². The molecule has 0 radical (unpaired) electrons. The van der Waals surface area contributed by atoms with Crippen molar-refractivity contribution in [3.8, 4) is 0 Å². The third kappa shape index (κ3) is 1.87. The van der Waals surface area contributed by atoms with Crippen LogP contribution in [0.15, 0.2) is 4.52 Å². The summed E-state index contributed by atoms with van der Waals surface area (Å²) in [5.41, 5.74) is 0.580. The van der Waals surface area contributed by atoms with Crippen LogP contribution in [0.25, 0.3) is 0 Å². The number of rotatable bonds is 4. The van der Waals surface area contributed by atoms with Crippen LogP contribution in [0.2, 0.25) is 0 Å². The average molecular weight is 234 g/mol. The molecule has 3 fully saturated rings. The lowest BCUT2D eigenvalue weighted by molar-refractivity contribution is -0.0490. The fourth-order valence-corrected chi connectivity index (χ4v) is 2.93. The second kappa shape index (κ2) is 3.53. The molecule has 3 aliphatic rings. The Morgan fingerprint density at radius 3 is 2.82 bits per heavy atom. The van der Waals surface area contributed by atoms with Crippen molar-refractivity contribution in [3.05, 3.63) is 11.7 Å². The van der Waals surface area contributed by atoms with Crippen LogP contribution in [0.4, 0.5) is 0 Å². The Bertz CT molecular complexity index is 414. The van der Waals surface area contributed by atoms with Crippen LogP contribution < -0.4 is 5.32 Å². The average Bonchev–Trinajstić information content (AvgIpc) is 2.88. The lowest BCUT2D eigenvalue weighted by Gasteiger charge is -2.55. The molecule has 0 bridgehead atoms. The zero-order chi connectivity index (χ0) is 11.3. The van der Waals surface area contributed by atoms with E-state index < -0.39 is 0 Å². The highest BCUT2D eigenvalue weighted by molar-refractivity contribution is 5.04. The van der Waals surface area contributed by atoms with Crippen molar-refractivity contribution in [2.24, 2.45) is 11.3 Å². The topological polar surface area (TPSA) is 54.2 Å². The molecule has 2 saturated heterocycles. The number of hydrogen-bond donors (Lipinski definition) is 1. The van der Waals surface area contributed by atoms with E-state index in [1.54, 1.807) is 0 Å². The van der Waals surface area contributed by atoms with Crippen molar-refractivity contribution < 1.29 is 4.52 Å². The van der Waals surface area contributed by atoms with E-state index in [0.29, 0.717) is 5.41 Å². The highest BCUT2D eigenvalue weighted by Crippen LogP contribution is 2.35. The molecule has 17 heavy (non-hydrogen) atoms. The van der Waals surface area contributed by atoms with Crippen molar-refractivity contribution in [3.63, 3.8) is 0 Å². The third-order valence-electron chi connectivity index (χ3n) is 4.16. The summed E-state index contributed by atoms with van der Waals surface area (Å²) in [5.74, 6) is 2.53. The van der Waals surface area contributed by atoms with E-state index in [1.165, 1.54) is 39.0 Å². The largest absolute Gasteiger partial charge is 0.338 e. The van der Waals surface area contributed by atoms with E-state index in [4.69, 9.17) is 4.52 Å². The lowest BCUT2D eigenvalue weighted by Crippen LogP contribution is -2.70. The van der Waals surface area contributed by atoms with Gasteiger partial charge in [0.1, 0.15) is 0 Å². The van der Waals surface area contributed by atoms with Crippen LogP contribution >= 0.6 is 0 Å². The fourth-order valence-electron chi connectivity index (χ4n) is 2.93. The SMILES string of the molecule is C1CC1Cc1noc(CN2CC3(CNC3)C2)n1. The standard InChI is InChI=1S/C12H18N4O/c1-2-9(1)3-10-14-11(17-15-10)4-16-7-12(8-16)5-13-6-12/h9,13H,1-8H2. The quantitative estimate of drug-likeness (QED) is 0.818. The first-order valence-electron chi connectivity index (χ1n) is 6.56. The monoisotopic (exact) mass is 234 g/mol. The van der Waals surface area contributed by atoms with Gasteiger partial charge in [-0.05, 0) is 18.8 Å². The molecule has 0 unspecified atom stereocenters. The molecule has 1 aromatic heterocycles. The van der Waals surface area contributed by atoms with Gasteiger partial charge in [0.2, 0.25) is 5.89 Å². The summed E-state index contributed by atoms with van der Waals surface area (Å²) < 4.78 is 5.30. The van der Waals surface area contributed by atoms with Gasteiger partial charge in [-0.25, -0.2) is 0 Å². The van der Waals surface area contributed by atoms with Gasteiger partial charge in [-0.15, -0.1) is 0 Å². The second-order valence-electron chi connectivity index (χ2n) is 6.00. The highest BCUT2D eigenvalue weighted by atomic mass is 16.5. The van der Waals surface area contributed by atoms with Crippen molar-refractivity contribution in [1.82, 2.24) is 20.4 Å². The molecular weight excluding hydrogens is 216 g/mol. The van der Waals surface area contributed by atoms with Gasteiger partial charge >= 0.3 is 0 Å². The van der Waals surface area contributed by atoms with Crippen LogP contribution in [-0.4, -0.2) is 41.2 Å². The summed E-state index contributed by atoms with van der Waals surface area (Å²) >= 11 is 0. The molecule has 1 aliphatic carbocycles. The van der Waals surface area contributed by atoms with E-state index in [1.807, 2.05) is 0 Å². The zero-order valence-electron chi connectivity index (χ0n) is 9.98. The van der Waals surface area contributed by atoms with Crippen LogP contribution in [-0.2, 0) is 13.0 Å². The number of nitrogens with zero attached hydrogens (tertiary/aromatic N) is 3. The van der Waals surface area contributed by atoms with Gasteiger partial charge < -0.3 is 9.84 Å². The van der Waals surface area contributed by atoms with Gasteiger partial charge in [0.15, 0.2) is 5.82 Å². The Morgan fingerprint density at radius 1 is 1.35 bits per heavy atom. The number of likely N-dealkylation sites (tertiary alicyclic amines) is 1. The van der Waals surface area contributed by atoms with Crippen LogP contribution in [0, 0.1) is 11.3 Å². The minimum Gasteiger partial charge on any atom is -0.338 e. The first-order valence-corrected chi connectivity index (χ1v) is 6.56. The Morgan fingerprint density at radius 2 is 2.18 bits per heavy atom. The molecule has 0 aromatic carbocycles. The van der Waals surface area contributed by atoms with Crippen molar-refractivity contribution in [2.75, 3.05) is 26.2 Å². The maximum atomic E-state index is 5.30. The smallest absolute Gasteiger partial charge is 0.240 e. The molecule has 92 valence electrons. The summed E-state index contributed by atoms with van der Waals surface area (Å²) in [6.45, 7) is 5.56. The number of nitrogens with one attached hydrogen (secondary N) is 1. The third-order valence-corrected chi connectivity index (χ3v) is 4.16. The summed E-state index contributed by atoms with van der Waals surface area (Å²) in [5, 5.41) is 7.40. The molecule has 5 heteroatoms. The predicted molar refractivity (Wildman–Crippen MR) is 61.3 cm³/mol. The molecule has 5 nitrogen and oxygen atoms in total. The molecule has 3 heterocycles. The van der Waals surface area contributed by atoms with Crippen LogP contribution in [0.3, 0.4) is 0 Å². The van der Waals surface area contributed by atoms with Gasteiger partial charge in [0.05, 0.1) is 6.54 Å². The van der Waals surface area contributed by atoms with Crippen LogP contribution in [0.5, 0.6) is 0 Å². The molecule has 0 atom stereocenters. The molecule has 0 amide bonds. The second-order valence-corrected chi connectivity index (χ2v) is 6.00. The van der Waals surface area contributed by atoms with Gasteiger partial charge in [-0.3, -0.25) is 4.90 Å². The fraction of sp³-hybridized carbons (Fsp3) is 0.833. The van der Waals surface area contributed by atoms with Crippen molar-refractivity contribution in [2.45, 2.75) is 25.8 Å². The Labute approximate surface area is 101 Å². The number of hydrogen-bond acceptors (Lipinski definition) is 5. The summed E-state index contributed by atoms with van der Waals surface area (Å²) in [4.78, 5) is 6.87. The Hall–Kier alpha value is -0.940. The Kier molecular flexibility index (Phi) is 2.08. The number of aromatic nitrogens is 2.